The molecule has 0 bridgehead atoms. The van der Waals surface area contributed by atoms with E-state index < -0.39 is 11.7 Å². The van der Waals surface area contributed by atoms with E-state index in [-0.39, 0.29) is 5.88 Å². The van der Waals surface area contributed by atoms with E-state index in [9.17, 15) is 4.79 Å². The number of hydrogen-bond donors (Lipinski definition) is 1. The summed E-state index contributed by atoms with van der Waals surface area (Å²) in [5, 5.41) is 12.7. The summed E-state index contributed by atoms with van der Waals surface area (Å²) in [6.07, 6.45) is 0.824. The van der Waals surface area contributed by atoms with Gasteiger partial charge in [-0.25, -0.2) is 4.79 Å². The molecule has 14 heavy (non-hydrogen) atoms. The normalized spacial score (nSPS) is 11.4. The molecule has 1 rings (SSSR count). The highest BCUT2D eigenvalue weighted by atomic mass is 16.6. The summed E-state index contributed by atoms with van der Waals surface area (Å²) in [6, 6.07) is 0. The minimum atomic E-state index is -0.596. The predicted molar refractivity (Wildman–Crippen MR) is 50.3 cm³/mol. The molecule has 0 amide bonds. The number of aromatic hydroxyl groups is 1. The summed E-state index contributed by atoms with van der Waals surface area (Å²) in [7, 11) is 0. The van der Waals surface area contributed by atoms with Gasteiger partial charge < -0.3 is 9.84 Å². The number of rotatable bonds is 0. The van der Waals surface area contributed by atoms with Gasteiger partial charge in [-0.1, -0.05) is 0 Å². The molecule has 0 aromatic carbocycles. The first-order chi connectivity index (χ1) is 6.29. The Morgan fingerprint density at radius 2 is 2.14 bits per heavy atom. The quantitative estimate of drug-likeness (QED) is 0.688. The lowest BCUT2D eigenvalue weighted by Crippen LogP contribution is -2.27. The summed E-state index contributed by atoms with van der Waals surface area (Å²) in [4.78, 5) is 11.4. The molecule has 1 aromatic heterocycles. The zero-order valence-electron chi connectivity index (χ0n) is 8.74. The van der Waals surface area contributed by atoms with E-state index in [0.717, 1.165) is 4.68 Å². The summed E-state index contributed by atoms with van der Waals surface area (Å²) >= 11 is 0. The third-order valence-electron chi connectivity index (χ3n) is 1.45. The van der Waals surface area contributed by atoms with Gasteiger partial charge in [0.15, 0.2) is 0 Å². The van der Waals surface area contributed by atoms with Gasteiger partial charge in [-0.3, -0.25) is 0 Å². The smallest absolute Gasteiger partial charge is 0.435 e. The molecule has 1 N–H and O–H groups in total. The third-order valence-corrected chi connectivity index (χ3v) is 1.45. The lowest BCUT2D eigenvalue weighted by Gasteiger charge is -2.18. The molecule has 0 saturated heterocycles. The fraction of sp³-hybridized carbons (Fsp3) is 0.556. The Hall–Kier alpha value is -1.52. The van der Waals surface area contributed by atoms with Crippen molar-refractivity contribution >= 4 is 6.09 Å². The number of carbonyl (C=O) groups excluding carboxylic acids is 1. The van der Waals surface area contributed by atoms with Crippen LogP contribution in [0.4, 0.5) is 4.79 Å². The molecule has 5 heteroatoms. The number of hydrogen-bond acceptors (Lipinski definition) is 4. The molecule has 78 valence electrons. The highest BCUT2D eigenvalue weighted by molar-refractivity contribution is 5.70. The van der Waals surface area contributed by atoms with Gasteiger partial charge in [0.25, 0.3) is 0 Å². The fourth-order valence-electron chi connectivity index (χ4n) is 0.853. The molecule has 0 fully saturated rings. The lowest BCUT2D eigenvalue weighted by molar-refractivity contribution is 0.0512. The van der Waals surface area contributed by atoms with Crippen LogP contribution in [-0.4, -0.2) is 26.6 Å². The van der Waals surface area contributed by atoms with Crippen molar-refractivity contribution in [3.05, 3.63) is 11.8 Å². The van der Waals surface area contributed by atoms with Crippen molar-refractivity contribution in [3.8, 4) is 5.88 Å². The van der Waals surface area contributed by atoms with Crippen LogP contribution in [0.2, 0.25) is 0 Å². The minimum absolute atomic E-state index is 0.157. The lowest BCUT2D eigenvalue weighted by atomic mass is 10.2. The predicted octanol–water partition coefficient (Wildman–Crippen LogP) is 1.68. The van der Waals surface area contributed by atoms with Crippen molar-refractivity contribution in [2.24, 2.45) is 0 Å². The fourth-order valence-corrected chi connectivity index (χ4v) is 0.853. The van der Waals surface area contributed by atoms with Gasteiger partial charge in [-0.15, -0.1) is 5.10 Å². The molecule has 0 unspecified atom stereocenters. The Morgan fingerprint density at radius 1 is 1.57 bits per heavy atom. The Balaban J connectivity index is 2.80. The third kappa shape index (κ3) is 2.48. The number of aromatic nitrogens is 2. The summed E-state index contributed by atoms with van der Waals surface area (Å²) in [5.41, 5.74) is -0.0251. The zero-order valence-corrected chi connectivity index (χ0v) is 8.74. The maximum atomic E-state index is 11.4. The van der Waals surface area contributed by atoms with Crippen molar-refractivity contribution in [1.29, 1.82) is 0 Å². The topological polar surface area (TPSA) is 64.4 Å². The first-order valence-electron chi connectivity index (χ1n) is 4.28. The highest BCUT2D eigenvalue weighted by Gasteiger charge is 2.19. The van der Waals surface area contributed by atoms with Crippen LogP contribution >= 0.6 is 0 Å². The van der Waals surface area contributed by atoms with Crippen LogP contribution in [0.3, 0.4) is 0 Å². The number of carbonyl (C=O) groups is 1. The number of aryl methyl sites for hydroxylation is 1. The zero-order chi connectivity index (χ0) is 10.9. The Kier molecular flexibility index (Phi) is 2.51. The summed E-state index contributed by atoms with van der Waals surface area (Å²) in [5.74, 6) is -0.157. The molecule has 0 radical (unpaired) electrons. The van der Waals surface area contributed by atoms with Crippen molar-refractivity contribution in [2.75, 3.05) is 0 Å². The first kappa shape index (κ1) is 10.6. The molecule has 1 heterocycles. The molecule has 0 saturated carbocycles. The van der Waals surface area contributed by atoms with Gasteiger partial charge in [-0.2, -0.15) is 4.68 Å². The van der Waals surface area contributed by atoms with E-state index in [1.807, 2.05) is 0 Å². The van der Waals surface area contributed by atoms with E-state index >= 15 is 0 Å². The molecule has 0 spiro atoms. The van der Waals surface area contributed by atoms with Gasteiger partial charge in [-0.05, 0) is 27.7 Å². The molecule has 1 aromatic rings. The Morgan fingerprint density at radius 3 is 2.50 bits per heavy atom. The highest BCUT2D eigenvalue weighted by Crippen LogP contribution is 2.14. The number of ether oxygens (including phenoxy) is 1. The van der Waals surface area contributed by atoms with Crippen LogP contribution in [0.25, 0.3) is 0 Å². The first-order valence-corrected chi connectivity index (χ1v) is 4.28. The van der Waals surface area contributed by atoms with Crippen molar-refractivity contribution < 1.29 is 14.6 Å². The van der Waals surface area contributed by atoms with E-state index in [1.165, 1.54) is 6.20 Å². The van der Waals surface area contributed by atoms with E-state index in [2.05, 4.69) is 5.10 Å². The summed E-state index contributed by atoms with van der Waals surface area (Å²) < 4.78 is 6.02. The second-order valence-electron chi connectivity index (χ2n) is 4.06. The number of nitrogens with zero attached hydrogens (tertiary/aromatic N) is 2. The average Bonchev–Trinajstić information content (AvgIpc) is 2.28. The maximum Gasteiger partial charge on any atom is 0.435 e. The monoisotopic (exact) mass is 198 g/mol. The van der Waals surface area contributed by atoms with Crippen molar-refractivity contribution in [1.82, 2.24) is 9.78 Å². The van der Waals surface area contributed by atoms with Crippen molar-refractivity contribution in [2.45, 2.75) is 33.3 Å². The molecular weight excluding hydrogens is 184 g/mol. The van der Waals surface area contributed by atoms with Gasteiger partial charge in [0.05, 0.1) is 0 Å². The molecular formula is C9H14N2O3. The second-order valence-corrected chi connectivity index (χ2v) is 4.06. The van der Waals surface area contributed by atoms with E-state index in [4.69, 9.17) is 9.84 Å². The van der Waals surface area contributed by atoms with Crippen LogP contribution in [0.15, 0.2) is 6.20 Å². The molecule has 0 atom stereocenters. The van der Waals surface area contributed by atoms with Gasteiger partial charge in [0, 0.05) is 11.8 Å². The Bertz CT molecular complexity index is 330. The second kappa shape index (κ2) is 3.32. The van der Waals surface area contributed by atoms with Crippen LogP contribution in [0, 0.1) is 6.92 Å². The van der Waals surface area contributed by atoms with Crippen LogP contribution in [0.1, 0.15) is 26.3 Å². The van der Waals surface area contributed by atoms with Crippen LogP contribution in [-0.2, 0) is 4.74 Å². The van der Waals surface area contributed by atoms with Gasteiger partial charge in [0.2, 0.25) is 5.88 Å². The average molecular weight is 198 g/mol. The maximum absolute atomic E-state index is 11.4. The van der Waals surface area contributed by atoms with Gasteiger partial charge in [0.1, 0.15) is 5.60 Å². The molecule has 0 aliphatic rings. The van der Waals surface area contributed by atoms with Crippen molar-refractivity contribution in [3.63, 3.8) is 0 Å². The SMILES string of the molecule is Cc1cn(C(=O)OC(C)(C)C)nc1O. The standard InChI is InChI=1S/C9H14N2O3/c1-6-5-11(10-7(6)12)8(13)14-9(2,3)4/h5H,1-4H3,(H,10,12). The minimum Gasteiger partial charge on any atom is -0.492 e. The molecule has 5 nitrogen and oxygen atoms in total. The molecule has 0 aliphatic carbocycles. The van der Waals surface area contributed by atoms with Gasteiger partial charge >= 0.3 is 6.09 Å². The van der Waals surface area contributed by atoms with E-state index in [0.29, 0.717) is 5.56 Å². The van der Waals surface area contributed by atoms with E-state index in [1.54, 1.807) is 27.7 Å². The molecule has 0 aliphatic heterocycles. The summed E-state index contributed by atoms with van der Waals surface area (Å²) in [6.45, 7) is 6.95. The Labute approximate surface area is 82.3 Å². The van der Waals surface area contributed by atoms with Crippen LogP contribution in [0.5, 0.6) is 5.88 Å². The van der Waals surface area contributed by atoms with Crippen LogP contribution < -0.4 is 0 Å². The largest absolute Gasteiger partial charge is 0.492 e.